The highest BCUT2D eigenvalue weighted by Gasteiger charge is 2.11. The topological polar surface area (TPSA) is 47.3 Å². The van der Waals surface area contributed by atoms with Crippen molar-refractivity contribution in [1.82, 2.24) is 10.3 Å². The van der Waals surface area contributed by atoms with E-state index in [0.717, 1.165) is 35.0 Å². The van der Waals surface area contributed by atoms with E-state index in [2.05, 4.69) is 17.2 Å². The molecule has 4 nitrogen and oxygen atoms in total. The van der Waals surface area contributed by atoms with E-state index in [1.807, 2.05) is 24.3 Å². The van der Waals surface area contributed by atoms with Gasteiger partial charge in [0, 0.05) is 18.9 Å². The number of nitrogens with zero attached hydrogens (tertiary/aromatic N) is 1. The monoisotopic (exact) mass is 280 g/mol. The van der Waals surface area contributed by atoms with Crippen molar-refractivity contribution in [1.29, 1.82) is 0 Å². The summed E-state index contributed by atoms with van der Waals surface area (Å²) in [5, 5.41) is 4.18. The zero-order valence-corrected chi connectivity index (χ0v) is 12.2. The van der Waals surface area contributed by atoms with Crippen LogP contribution in [0.25, 0.3) is 11.1 Å². The molecule has 0 aliphatic heterocycles. The maximum absolute atomic E-state index is 5.68. The van der Waals surface area contributed by atoms with Gasteiger partial charge in [-0.05, 0) is 25.1 Å². The van der Waals surface area contributed by atoms with Crippen LogP contribution in [-0.2, 0) is 4.74 Å². The molecule has 1 aromatic heterocycles. The number of hydrogen-bond acceptors (Lipinski definition) is 5. The summed E-state index contributed by atoms with van der Waals surface area (Å²) in [5.41, 5.74) is 1.75. The molecular formula is C14H20N2O2S. The predicted molar refractivity (Wildman–Crippen MR) is 78.7 cm³/mol. The van der Waals surface area contributed by atoms with E-state index >= 15 is 0 Å². The van der Waals surface area contributed by atoms with Gasteiger partial charge in [-0.25, -0.2) is 4.98 Å². The number of hydrogen-bond donors (Lipinski definition) is 1. The summed E-state index contributed by atoms with van der Waals surface area (Å²) in [4.78, 5) is 4.45. The zero-order chi connectivity index (χ0) is 13.5. The molecule has 0 saturated heterocycles. The van der Waals surface area contributed by atoms with Crippen LogP contribution in [0.3, 0.4) is 0 Å². The van der Waals surface area contributed by atoms with Gasteiger partial charge in [-0.1, -0.05) is 30.8 Å². The molecule has 19 heavy (non-hydrogen) atoms. The third-order valence-electron chi connectivity index (χ3n) is 2.73. The van der Waals surface area contributed by atoms with Gasteiger partial charge >= 0.3 is 0 Å². The fourth-order valence-corrected chi connectivity index (χ4v) is 2.67. The Hall–Kier alpha value is -1.04. The van der Waals surface area contributed by atoms with Gasteiger partial charge in [0.05, 0.1) is 6.61 Å². The van der Waals surface area contributed by atoms with Crippen LogP contribution in [0.15, 0.2) is 33.9 Å². The second-order valence-electron chi connectivity index (χ2n) is 4.36. The molecule has 0 amide bonds. The highest BCUT2D eigenvalue weighted by molar-refractivity contribution is 7.99. The van der Waals surface area contributed by atoms with Crippen molar-refractivity contribution in [3.05, 3.63) is 24.3 Å². The zero-order valence-electron chi connectivity index (χ0n) is 11.4. The van der Waals surface area contributed by atoms with E-state index in [1.165, 1.54) is 0 Å². The van der Waals surface area contributed by atoms with Gasteiger partial charge < -0.3 is 14.5 Å². The lowest BCUT2D eigenvalue weighted by Gasteiger charge is -2.15. The SMILES string of the molecule is CCCNC(COC)CSc1nc2ccccc2o1. The molecule has 0 radical (unpaired) electrons. The Morgan fingerprint density at radius 1 is 1.42 bits per heavy atom. The van der Waals surface area contributed by atoms with Crippen LogP contribution < -0.4 is 5.32 Å². The van der Waals surface area contributed by atoms with E-state index in [-0.39, 0.29) is 0 Å². The Labute approximate surface area is 117 Å². The smallest absolute Gasteiger partial charge is 0.256 e. The normalized spacial score (nSPS) is 12.9. The number of methoxy groups -OCH3 is 1. The fourth-order valence-electron chi connectivity index (χ4n) is 1.80. The molecule has 0 bridgehead atoms. The summed E-state index contributed by atoms with van der Waals surface area (Å²) in [6.45, 7) is 3.86. The summed E-state index contributed by atoms with van der Waals surface area (Å²) in [5.74, 6) is 0.890. The first-order valence-corrected chi connectivity index (χ1v) is 7.52. The van der Waals surface area contributed by atoms with Gasteiger partial charge in [-0.2, -0.15) is 0 Å². The van der Waals surface area contributed by atoms with Crippen LogP contribution in [0, 0.1) is 0 Å². The molecule has 1 N–H and O–H groups in total. The summed E-state index contributed by atoms with van der Waals surface area (Å²) in [7, 11) is 1.73. The van der Waals surface area contributed by atoms with Crippen molar-refractivity contribution >= 4 is 22.9 Å². The van der Waals surface area contributed by atoms with Crippen LogP contribution in [-0.4, -0.2) is 37.0 Å². The molecule has 0 spiro atoms. The minimum absolute atomic E-state index is 0.324. The molecule has 1 unspecified atom stereocenters. The van der Waals surface area contributed by atoms with Crippen LogP contribution in [0.1, 0.15) is 13.3 Å². The largest absolute Gasteiger partial charge is 0.431 e. The number of para-hydroxylation sites is 2. The molecule has 1 aromatic carbocycles. The van der Waals surface area contributed by atoms with Crippen LogP contribution in [0.2, 0.25) is 0 Å². The molecule has 0 fully saturated rings. The van der Waals surface area contributed by atoms with Crippen molar-refractivity contribution in [3.8, 4) is 0 Å². The third kappa shape index (κ3) is 4.23. The van der Waals surface area contributed by atoms with Gasteiger partial charge in [0.1, 0.15) is 5.52 Å². The minimum Gasteiger partial charge on any atom is -0.431 e. The molecular weight excluding hydrogens is 260 g/mol. The van der Waals surface area contributed by atoms with Gasteiger partial charge in [-0.15, -0.1) is 0 Å². The number of ether oxygens (including phenoxy) is 1. The summed E-state index contributed by atoms with van der Waals surface area (Å²) in [6, 6.07) is 8.15. The number of aromatic nitrogens is 1. The molecule has 1 atom stereocenters. The van der Waals surface area contributed by atoms with E-state index < -0.39 is 0 Å². The van der Waals surface area contributed by atoms with Crippen molar-refractivity contribution in [2.24, 2.45) is 0 Å². The quantitative estimate of drug-likeness (QED) is 0.753. The van der Waals surface area contributed by atoms with Crippen molar-refractivity contribution in [3.63, 3.8) is 0 Å². The van der Waals surface area contributed by atoms with E-state index in [1.54, 1.807) is 18.9 Å². The molecule has 1 heterocycles. The van der Waals surface area contributed by atoms with E-state index in [0.29, 0.717) is 12.6 Å². The Kier molecular flexibility index (Phi) is 5.69. The standard InChI is InChI=1S/C14H20N2O2S/c1-3-8-15-11(9-17-2)10-19-14-16-12-6-4-5-7-13(12)18-14/h4-7,11,15H,3,8-10H2,1-2H3. The maximum atomic E-state index is 5.68. The van der Waals surface area contributed by atoms with Crippen molar-refractivity contribution in [2.45, 2.75) is 24.6 Å². The second-order valence-corrected chi connectivity index (χ2v) is 5.34. The number of fused-ring (bicyclic) bond motifs is 1. The first kappa shape index (κ1) is 14.4. The van der Waals surface area contributed by atoms with E-state index in [9.17, 15) is 0 Å². The molecule has 2 aromatic rings. The van der Waals surface area contributed by atoms with E-state index in [4.69, 9.17) is 9.15 Å². The Morgan fingerprint density at radius 2 is 2.26 bits per heavy atom. The first-order chi connectivity index (χ1) is 9.33. The number of rotatable bonds is 8. The molecule has 2 rings (SSSR count). The van der Waals surface area contributed by atoms with Gasteiger partial charge in [0.2, 0.25) is 0 Å². The predicted octanol–water partition coefficient (Wildman–Crippen LogP) is 2.93. The fraction of sp³-hybridized carbons (Fsp3) is 0.500. The molecule has 0 saturated carbocycles. The number of thioether (sulfide) groups is 1. The van der Waals surface area contributed by atoms with Gasteiger partial charge in [0.25, 0.3) is 5.22 Å². The summed E-state index contributed by atoms with van der Waals surface area (Å²) >= 11 is 1.62. The van der Waals surface area contributed by atoms with Gasteiger partial charge in [0.15, 0.2) is 5.58 Å². The lowest BCUT2D eigenvalue weighted by molar-refractivity contribution is 0.174. The lowest BCUT2D eigenvalue weighted by Crippen LogP contribution is -2.35. The Balaban J connectivity index is 1.91. The average molecular weight is 280 g/mol. The van der Waals surface area contributed by atoms with Crippen LogP contribution in [0.4, 0.5) is 0 Å². The van der Waals surface area contributed by atoms with Crippen molar-refractivity contribution < 1.29 is 9.15 Å². The number of benzene rings is 1. The molecule has 5 heteroatoms. The Morgan fingerprint density at radius 3 is 3.00 bits per heavy atom. The van der Waals surface area contributed by atoms with Crippen LogP contribution >= 0.6 is 11.8 Å². The lowest BCUT2D eigenvalue weighted by atomic mass is 10.3. The highest BCUT2D eigenvalue weighted by atomic mass is 32.2. The second kappa shape index (κ2) is 7.53. The molecule has 0 aliphatic carbocycles. The van der Waals surface area contributed by atoms with Crippen molar-refractivity contribution in [2.75, 3.05) is 26.0 Å². The minimum atomic E-state index is 0.324. The molecule has 104 valence electrons. The highest BCUT2D eigenvalue weighted by Crippen LogP contribution is 2.23. The number of nitrogens with one attached hydrogen (secondary N) is 1. The first-order valence-electron chi connectivity index (χ1n) is 6.54. The third-order valence-corrected chi connectivity index (χ3v) is 3.72. The maximum Gasteiger partial charge on any atom is 0.256 e. The number of oxazole rings is 1. The van der Waals surface area contributed by atoms with Crippen LogP contribution in [0.5, 0.6) is 0 Å². The summed E-state index contributed by atoms with van der Waals surface area (Å²) in [6.07, 6.45) is 1.12. The average Bonchev–Trinajstić information content (AvgIpc) is 2.84. The molecule has 0 aliphatic rings. The van der Waals surface area contributed by atoms with Gasteiger partial charge in [-0.3, -0.25) is 0 Å². The Bertz CT molecular complexity index is 468. The summed E-state index contributed by atoms with van der Waals surface area (Å²) < 4.78 is 10.9.